The lowest BCUT2D eigenvalue weighted by molar-refractivity contribution is -0.143. The van der Waals surface area contributed by atoms with Gasteiger partial charge in [-0.15, -0.1) is 0 Å². The second-order valence-electron chi connectivity index (χ2n) is 6.43. The summed E-state index contributed by atoms with van der Waals surface area (Å²) in [6, 6.07) is -1.11. The van der Waals surface area contributed by atoms with Crippen LogP contribution in [0, 0.1) is 0 Å². The Labute approximate surface area is 137 Å². The van der Waals surface area contributed by atoms with Crippen LogP contribution in [0.5, 0.6) is 0 Å². The maximum atomic E-state index is 12.5. The smallest absolute Gasteiger partial charge is 0.411 e. The van der Waals surface area contributed by atoms with E-state index < -0.39 is 23.7 Å². The molecule has 0 spiro atoms. The molecule has 0 saturated carbocycles. The summed E-state index contributed by atoms with van der Waals surface area (Å²) in [5.41, 5.74) is -0.200. The number of hydrogen-bond acceptors (Lipinski definition) is 4. The van der Waals surface area contributed by atoms with Crippen LogP contribution < -0.4 is 0 Å². The SMILES string of the molecule is CCCN(C(=O)OC(C)(C)C)C(C(=O)O)c1cncn1CCC. The molecule has 0 aliphatic carbocycles. The quantitative estimate of drug-likeness (QED) is 0.833. The molecule has 1 aromatic rings. The van der Waals surface area contributed by atoms with Gasteiger partial charge in [0.1, 0.15) is 5.60 Å². The number of aromatic nitrogens is 2. The van der Waals surface area contributed by atoms with Crippen molar-refractivity contribution in [3.63, 3.8) is 0 Å². The largest absolute Gasteiger partial charge is 0.479 e. The number of ether oxygens (including phenoxy) is 1. The van der Waals surface area contributed by atoms with Crippen LogP contribution >= 0.6 is 0 Å². The summed E-state index contributed by atoms with van der Waals surface area (Å²) in [5.74, 6) is -1.10. The molecule has 7 heteroatoms. The maximum absolute atomic E-state index is 12.5. The van der Waals surface area contributed by atoms with Crippen LogP contribution in [0.15, 0.2) is 12.5 Å². The van der Waals surface area contributed by atoms with E-state index in [0.717, 1.165) is 6.42 Å². The average molecular weight is 325 g/mol. The van der Waals surface area contributed by atoms with Crippen molar-refractivity contribution in [1.82, 2.24) is 14.5 Å². The second kappa shape index (κ2) is 7.99. The zero-order valence-electron chi connectivity index (χ0n) is 14.6. The van der Waals surface area contributed by atoms with Gasteiger partial charge in [-0.1, -0.05) is 13.8 Å². The summed E-state index contributed by atoms with van der Waals surface area (Å²) in [7, 11) is 0. The molecule has 1 aromatic heterocycles. The monoisotopic (exact) mass is 325 g/mol. The van der Waals surface area contributed by atoms with E-state index in [0.29, 0.717) is 25.2 Å². The molecule has 1 N–H and O–H groups in total. The van der Waals surface area contributed by atoms with Crippen molar-refractivity contribution < 1.29 is 19.4 Å². The van der Waals surface area contributed by atoms with Crippen LogP contribution in [0.3, 0.4) is 0 Å². The Bertz CT molecular complexity index is 534. The van der Waals surface area contributed by atoms with Crippen LogP contribution in [-0.4, -0.2) is 43.8 Å². The van der Waals surface area contributed by atoms with Crippen LogP contribution in [0.2, 0.25) is 0 Å². The first-order valence-electron chi connectivity index (χ1n) is 7.93. The predicted octanol–water partition coefficient (Wildman–Crippen LogP) is 3.07. The normalized spacial score (nSPS) is 12.7. The number of imidazole rings is 1. The standard InChI is InChI=1S/C16H27N3O4/c1-6-8-18-11-17-10-12(18)13(14(20)21)19(9-7-2)15(22)23-16(3,4)5/h10-11,13H,6-9H2,1-5H3,(H,20,21). The maximum Gasteiger partial charge on any atom is 0.411 e. The van der Waals surface area contributed by atoms with Gasteiger partial charge >= 0.3 is 12.1 Å². The Kier molecular flexibility index (Phi) is 6.60. The number of amides is 1. The first-order chi connectivity index (χ1) is 10.7. The van der Waals surface area contributed by atoms with E-state index in [1.165, 1.54) is 11.1 Å². The van der Waals surface area contributed by atoms with E-state index in [1.807, 2.05) is 13.8 Å². The summed E-state index contributed by atoms with van der Waals surface area (Å²) in [6.45, 7) is 10.1. The minimum absolute atomic E-state index is 0.295. The topological polar surface area (TPSA) is 84.7 Å². The number of hydrogen-bond donors (Lipinski definition) is 1. The molecule has 0 aliphatic heterocycles. The molecule has 7 nitrogen and oxygen atoms in total. The molecule has 0 saturated heterocycles. The van der Waals surface area contributed by atoms with E-state index in [1.54, 1.807) is 31.7 Å². The molecule has 1 unspecified atom stereocenters. The van der Waals surface area contributed by atoms with Crippen LogP contribution in [0.1, 0.15) is 59.2 Å². The molecular formula is C16H27N3O4. The van der Waals surface area contributed by atoms with Crippen LogP contribution in [-0.2, 0) is 16.1 Å². The van der Waals surface area contributed by atoms with E-state index in [-0.39, 0.29) is 0 Å². The molecule has 1 atom stereocenters. The number of carboxylic acid groups (broad SMARTS) is 1. The Morgan fingerprint density at radius 1 is 1.35 bits per heavy atom. The highest BCUT2D eigenvalue weighted by Gasteiger charge is 2.35. The summed E-state index contributed by atoms with van der Waals surface area (Å²) < 4.78 is 7.15. The lowest BCUT2D eigenvalue weighted by Gasteiger charge is -2.31. The van der Waals surface area contributed by atoms with Gasteiger partial charge in [0, 0.05) is 13.1 Å². The van der Waals surface area contributed by atoms with Gasteiger partial charge in [-0.2, -0.15) is 0 Å². The Morgan fingerprint density at radius 3 is 2.48 bits per heavy atom. The van der Waals surface area contributed by atoms with Crippen molar-refractivity contribution in [2.75, 3.05) is 6.54 Å². The highest BCUT2D eigenvalue weighted by Crippen LogP contribution is 2.24. The highest BCUT2D eigenvalue weighted by molar-refractivity contribution is 5.81. The summed E-state index contributed by atoms with van der Waals surface area (Å²) in [5, 5.41) is 9.69. The third kappa shape index (κ3) is 5.26. The number of rotatable bonds is 7. The van der Waals surface area contributed by atoms with E-state index in [9.17, 15) is 14.7 Å². The predicted molar refractivity (Wildman–Crippen MR) is 86.1 cm³/mol. The third-order valence-electron chi connectivity index (χ3n) is 3.13. The highest BCUT2D eigenvalue weighted by atomic mass is 16.6. The summed E-state index contributed by atoms with van der Waals surface area (Å²) in [4.78, 5) is 29.6. The van der Waals surface area contributed by atoms with E-state index in [4.69, 9.17) is 4.74 Å². The van der Waals surface area contributed by atoms with Gasteiger partial charge < -0.3 is 14.4 Å². The van der Waals surface area contributed by atoms with Crippen molar-refractivity contribution in [3.05, 3.63) is 18.2 Å². The van der Waals surface area contributed by atoms with Crippen LogP contribution in [0.25, 0.3) is 0 Å². The number of aliphatic carboxylic acids is 1. The van der Waals surface area contributed by atoms with Gasteiger partial charge in [0.25, 0.3) is 0 Å². The third-order valence-corrected chi connectivity index (χ3v) is 3.13. The fourth-order valence-electron chi connectivity index (χ4n) is 2.29. The fourth-order valence-corrected chi connectivity index (χ4v) is 2.29. The van der Waals surface area contributed by atoms with Gasteiger partial charge in [0.2, 0.25) is 0 Å². The molecule has 0 fully saturated rings. The lowest BCUT2D eigenvalue weighted by Crippen LogP contribution is -2.43. The van der Waals surface area contributed by atoms with Gasteiger partial charge in [0.05, 0.1) is 18.2 Å². The number of carbonyl (C=O) groups excluding carboxylic acids is 1. The molecule has 1 amide bonds. The van der Waals surface area contributed by atoms with Gasteiger partial charge in [0.15, 0.2) is 6.04 Å². The van der Waals surface area contributed by atoms with E-state index in [2.05, 4.69) is 4.98 Å². The molecule has 1 rings (SSSR count). The van der Waals surface area contributed by atoms with E-state index >= 15 is 0 Å². The molecular weight excluding hydrogens is 298 g/mol. The molecule has 1 heterocycles. The molecule has 0 aliphatic rings. The lowest BCUT2D eigenvalue weighted by atomic mass is 10.1. The minimum Gasteiger partial charge on any atom is -0.479 e. The zero-order chi connectivity index (χ0) is 17.6. The Balaban J connectivity index is 3.18. The number of carbonyl (C=O) groups is 2. The zero-order valence-corrected chi connectivity index (χ0v) is 14.6. The number of carboxylic acids is 1. The average Bonchev–Trinajstić information content (AvgIpc) is 2.84. The summed E-state index contributed by atoms with van der Waals surface area (Å²) >= 11 is 0. The first-order valence-corrected chi connectivity index (χ1v) is 7.93. The summed E-state index contributed by atoms with van der Waals surface area (Å²) in [6.07, 6.45) is 3.94. The van der Waals surface area contributed by atoms with Crippen molar-refractivity contribution in [3.8, 4) is 0 Å². The first kappa shape index (κ1) is 19.0. The van der Waals surface area contributed by atoms with Gasteiger partial charge in [-0.25, -0.2) is 14.6 Å². The molecule has 130 valence electrons. The molecule has 0 aromatic carbocycles. The van der Waals surface area contributed by atoms with Crippen LogP contribution in [0.4, 0.5) is 4.79 Å². The van der Waals surface area contributed by atoms with Crippen molar-refractivity contribution >= 4 is 12.1 Å². The fraction of sp³-hybridized carbons (Fsp3) is 0.688. The number of aryl methyl sites for hydroxylation is 1. The molecule has 23 heavy (non-hydrogen) atoms. The molecule has 0 bridgehead atoms. The Morgan fingerprint density at radius 2 is 2.00 bits per heavy atom. The number of nitrogens with zero attached hydrogens (tertiary/aromatic N) is 3. The molecule has 0 radical (unpaired) electrons. The van der Waals surface area contributed by atoms with Crippen molar-refractivity contribution in [2.24, 2.45) is 0 Å². The Hall–Kier alpha value is -2.05. The van der Waals surface area contributed by atoms with Crippen molar-refractivity contribution in [1.29, 1.82) is 0 Å². The second-order valence-corrected chi connectivity index (χ2v) is 6.43. The van der Waals surface area contributed by atoms with Crippen molar-refractivity contribution in [2.45, 2.75) is 65.6 Å². The minimum atomic E-state index is -1.11. The van der Waals surface area contributed by atoms with Gasteiger partial charge in [-0.3, -0.25) is 4.90 Å². The van der Waals surface area contributed by atoms with Gasteiger partial charge in [-0.05, 0) is 33.6 Å².